The average Bonchev–Trinajstić information content (AvgIpc) is 2.77. The summed E-state index contributed by atoms with van der Waals surface area (Å²) in [7, 11) is -2.27. The first kappa shape index (κ1) is 21.8. The lowest BCUT2D eigenvalue weighted by Crippen LogP contribution is -2.43. The first-order valence-corrected chi connectivity index (χ1v) is 11.0. The third-order valence-corrected chi connectivity index (χ3v) is 6.89. The quantitative estimate of drug-likeness (QED) is 0.668. The topological polar surface area (TPSA) is 116 Å². The smallest absolute Gasteiger partial charge is 0.311 e. The third-order valence-electron chi connectivity index (χ3n) is 5.01. The highest BCUT2D eigenvalue weighted by Crippen LogP contribution is 2.27. The molecule has 0 spiro atoms. The molecule has 0 saturated carbocycles. The maximum Gasteiger partial charge on any atom is 0.311 e. The van der Waals surface area contributed by atoms with E-state index in [1.807, 2.05) is 0 Å². The van der Waals surface area contributed by atoms with Crippen LogP contribution in [0.4, 0.5) is 0 Å². The van der Waals surface area contributed by atoms with Crippen LogP contribution in [0.3, 0.4) is 0 Å². The highest BCUT2D eigenvalue weighted by atomic mass is 32.2. The van der Waals surface area contributed by atoms with Crippen LogP contribution in [0.5, 0.6) is 5.75 Å². The Kier molecular flexibility index (Phi) is 6.73. The van der Waals surface area contributed by atoms with Crippen molar-refractivity contribution in [1.29, 1.82) is 0 Å². The Morgan fingerprint density at radius 1 is 1.10 bits per heavy atom. The lowest BCUT2D eigenvalue weighted by atomic mass is 9.99. The molecule has 2 aromatic rings. The minimum atomic E-state index is -3.77. The van der Waals surface area contributed by atoms with Gasteiger partial charge in [-0.25, -0.2) is 8.42 Å². The second-order valence-corrected chi connectivity index (χ2v) is 8.95. The van der Waals surface area contributed by atoms with Crippen molar-refractivity contribution in [3.05, 3.63) is 60.2 Å². The SMILES string of the molecule is COc1ccc(S(=O)(=O)N2CCC[C@@H](C(=O)O[C@H](C(N)=O)c3ccccc3)C2)cc1. The van der Waals surface area contributed by atoms with Gasteiger partial charge < -0.3 is 15.2 Å². The normalized spacial score (nSPS) is 18.4. The number of nitrogens with two attached hydrogens (primary N) is 1. The molecule has 2 atom stereocenters. The Balaban J connectivity index is 1.73. The molecule has 0 radical (unpaired) electrons. The van der Waals surface area contributed by atoms with Crippen molar-refractivity contribution >= 4 is 21.9 Å². The van der Waals surface area contributed by atoms with Crippen LogP contribution >= 0.6 is 0 Å². The van der Waals surface area contributed by atoms with E-state index >= 15 is 0 Å². The van der Waals surface area contributed by atoms with Gasteiger partial charge in [0, 0.05) is 18.7 Å². The van der Waals surface area contributed by atoms with Gasteiger partial charge in [-0.2, -0.15) is 4.31 Å². The zero-order chi connectivity index (χ0) is 21.7. The summed E-state index contributed by atoms with van der Waals surface area (Å²) < 4.78 is 37.6. The van der Waals surface area contributed by atoms with Crippen LogP contribution < -0.4 is 10.5 Å². The van der Waals surface area contributed by atoms with Crippen molar-refractivity contribution in [2.24, 2.45) is 11.7 Å². The molecule has 0 aliphatic carbocycles. The highest BCUT2D eigenvalue weighted by molar-refractivity contribution is 7.89. The number of ether oxygens (including phenoxy) is 2. The average molecular weight is 432 g/mol. The Labute approximate surface area is 175 Å². The van der Waals surface area contributed by atoms with Gasteiger partial charge in [0.15, 0.2) is 0 Å². The molecule has 1 heterocycles. The van der Waals surface area contributed by atoms with E-state index in [1.54, 1.807) is 42.5 Å². The van der Waals surface area contributed by atoms with Gasteiger partial charge in [-0.3, -0.25) is 9.59 Å². The molecule has 0 aromatic heterocycles. The number of benzene rings is 2. The Bertz CT molecular complexity index is 992. The zero-order valence-electron chi connectivity index (χ0n) is 16.6. The fraction of sp³-hybridized carbons (Fsp3) is 0.333. The van der Waals surface area contributed by atoms with E-state index in [-0.39, 0.29) is 11.4 Å². The molecular weight excluding hydrogens is 408 g/mol. The second kappa shape index (κ2) is 9.27. The molecule has 160 valence electrons. The van der Waals surface area contributed by atoms with Gasteiger partial charge in [0.1, 0.15) is 5.75 Å². The molecule has 2 aromatic carbocycles. The van der Waals surface area contributed by atoms with Gasteiger partial charge in [-0.05, 0) is 37.1 Å². The number of methoxy groups -OCH3 is 1. The van der Waals surface area contributed by atoms with Crippen molar-refractivity contribution < 1.29 is 27.5 Å². The Morgan fingerprint density at radius 2 is 1.77 bits per heavy atom. The number of hydrogen-bond donors (Lipinski definition) is 1. The molecule has 1 aliphatic rings. The van der Waals surface area contributed by atoms with Crippen LogP contribution in [0, 0.1) is 5.92 Å². The van der Waals surface area contributed by atoms with E-state index in [0.29, 0.717) is 30.7 Å². The highest BCUT2D eigenvalue weighted by Gasteiger charge is 2.35. The van der Waals surface area contributed by atoms with Crippen molar-refractivity contribution in [2.45, 2.75) is 23.8 Å². The molecule has 1 amide bonds. The van der Waals surface area contributed by atoms with E-state index in [1.165, 1.54) is 23.5 Å². The molecule has 1 saturated heterocycles. The zero-order valence-corrected chi connectivity index (χ0v) is 17.4. The molecule has 0 unspecified atom stereocenters. The first-order chi connectivity index (χ1) is 14.3. The fourth-order valence-electron chi connectivity index (χ4n) is 3.38. The van der Waals surface area contributed by atoms with Gasteiger partial charge >= 0.3 is 5.97 Å². The summed E-state index contributed by atoms with van der Waals surface area (Å²) in [5.41, 5.74) is 5.88. The third kappa shape index (κ3) is 4.80. The fourth-order valence-corrected chi connectivity index (χ4v) is 4.90. The molecule has 1 fully saturated rings. The molecule has 9 heteroatoms. The number of carbonyl (C=O) groups excluding carboxylic acids is 2. The number of sulfonamides is 1. The summed E-state index contributed by atoms with van der Waals surface area (Å²) in [4.78, 5) is 24.6. The van der Waals surface area contributed by atoms with Gasteiger partial charge in [0.05, 0.1) is 17.9 Å². The lowest BCUT2D eigenvalue weighted by molar-refractivity contribution is -0.160. The number of carbonyl (C=O) groups is 2. The number of primary amides is 1. The summed E-state index contributed by atoms with van der Waals surface area (Å²) in [5, 5.41) is 0. The van der Waals surface area contributed by atoms with Crippen molar-refractivity contribution in [3.8, 4) is 5.75 Å². The van der Waals surface area contributed by atoms with Crippen molar-refractivity contribution in [3.63, 3.8) is 0 Å². The van der Waals surface area contributed by atoms with E-state index in [4.69, 9.17) is 15.2 Å². The van der Waals surface area contributed by atoms with Crippen molar-refractivity contribution in [1.82, 2.24) is 4.31 Å². The summed E-state index contributed by atoms with van der Waals surface area (Å²) in [6, 6.07) is 14.6. The predicted octanol–water partition coefficient (Wildman–Crippen LogP) is 1.87. The van der Waals surface area contributed by atoms with E-state index < -0.39 is 33.9 Å². The monoisotopic (exact) mass is 432 g/mol. The van der Waals surface area contributed by atoms with E-state index in [9.17, 15) is 18.0 Å². The summed E-state index contributed by atoms with van der Waals surface area (Å²) >= 11 is 0. The van der Waals surface area contributed by atoms with E-state index in [2.05, 4.69) is 0 Å². The van der Waals surface area contributed by atoms with Crippen LogP contribution in [-0.4, -0.2) is 44.8 Å². The predicted molar refractivity (Wildman–Crippen MR) is 109 cm³/mol. The Morgan fingerprint density at radius 3 is 2.37 bits per heavy atom. The summed E-state index contributed by atoms with van der Waals surface area (Å²) in [5.74, 6) is -1.56. The number of hydrogen-bond acceptors (Lipinski definition) is 6. The van der Waals surface area contributed by atoms with Crippen molar-refractivity contribution in [2.75, 3.05) is 20.2 Å². The molecule has 8 nitrogen and oxygen atoms in total. The van der Waals surface area contributed by atoms with Gasteiger partial charge in [-0.15, -0.1) is 0 Å². The van der Waals surface area contributed by atoms with Crippen LogP contribution in [0.2, 0.25) is 0 Å². The largest absolute Gasteiger partial charge is 0.497 e. The lowest BCUT2D eigenvalue weighted by Gasteiger charge is -2.31. The maximum absolute atomic E-state index is 13.0. The molecule has 0 bridgehead atoms. The minimum Gasteiger partial charge on any atom is -0.497 e. The second-order valence-electron chi connectivity index (χ2n) is 7.01. The molecule has 30 heavy (non-hydrogen) atoms. The standard InChI is InChI=1S/C21H24N2O6S/c1-28-17-9-11-18(12-10-17)30(26,27)23-13-5-8-16(14-23)21(25)29-19(20(22)24)15-6-3-2-4-7-15/h2-4,6-7,9-12,16,19H,5,8,13-14H2,1H3,(H2,22,24)/t16-,19+/m1/s1. The van der Waals surface area contributed by atoms with E-state index in [0.717, 1.165) is 0 Å². The number of rotatable bonds is 7. The van der Waals surface area contributed by atoms with Gasteiger partial charge in [0.2, 0.25) is 16.1 Å². The van der Waals surface area contributed by atoms with Crippen LogP contribution in [0.1, 0.15) is 24.5 Å². The number of esters is 1. The summed E-state index contributed by atoms with van der Waals surface area (Å²) in [6.07, 6.45) is -0.248. The van der Waals surface area contributed by atoms with Crippen LogP contribution in [0.15, 0.2) is 59.5 Å². The molecule has 2 N–H and O–H groups in total. The van der Waals surface area contributed by atoms with Crippen LogP contribution in [0.25, 0.3) is 0 Å². The molecule has 3 rings (SSSR count). The van der Waals surface area contributed by atoms with Crippen LogP contribution in [-0.2, 0) is 24.3 Å². The number of piperidine rings is 1. The summed E-state index contributed by atoms with van der Waals surface area (Å²) in [6.45, 7) is 0.281. The number of nitrogens with zero attached hydrogens (tertiary/aromatic N) is 1. The van der Waals surface area contributed by atoms with Gasteiger partial charge in [0.25, 0.3) is 5.91 Å². The minimum absolute atomic E-state index is 0.0204. The van der Waals surface area contributed by atoms with Gasteiger partial charge in [-0.1, -0.05) is 30.3 Å². The molecule has 1 aliphatic heterocycles. The Hall–Kier alpha value is -2.91. The maximum atomic E-state index is 13.0. The number of amides is 1. The first-order valence-electron chi connectivity index (χ1n) is 9.52. The molecular formula is C21H24N2O6S.